The van der Waals surface area contributed by atoms with Gasteiger partial charge in [-0.15, -0.1) is 0 Å². The molecule has 2 aromatic rings. The van der Waals surface area contributed by atoms with Crippen LogP contribution in [0.4, 0.5) is 0 Å². The Hall–Kier alpha value is -1.60. The number of rotatable bonds is 6. The average Bonchev–Trinajstić information content (AvgIpc) is 3.38. The second kappa shape index (κ2) is 6.44. The summed E-state index contributed by atoms with van der Waals surface area (Å²) in [5.41, 5.74) is 3.95. The number of benzene rings is 2. The fraction of sp³-hybridized carbons (Fsp3) is 0.400. The van der Waals surface area contributed by atoms with E-state index in [-0.39, 0.29) is 0 Å². The molecule has 0 aromatic heterocycles. The molecule has 1 fully saturated rings. The van der Waals surface area contributed by atoms with Gasteiger partial charge in [0.1, 0.15) is 0 Å². The average molecular weight is 279 g/mol. The van der Waals surface area contributed by atoms with Crippen LogP contribution in [0.1, 0.15) is 38.3 Å². The Morgan fingerprint density at radius 1 is 0.905 bits per heavy atom. The van der Waals surface area contributed by atoms with E-state index in [1.54, 1.807) is 0 Å². The maximum Gasteiger partial charge on any atom is 0.0291 e. The van der Waals surface area contributed by atoms with Gasteiger partial charge in [0.15, 0.2) is 0 Å². The van der Waals surface area contributed by atoms with Crippen molar-refractivity contribution in [3.05, 3.63) is 60.2 Å². The van der Waals surface area contributed by atoms with Gasteiger partial charge in [-0.2, -0.15) is 0 Å². The van der Waals surface area contributed by atoms with Gasteiger partial charge in [-0.25, -0.2) is 0 Å². The largest absolute Gasteiger partial charge is 0.310 e. The molecule has 1 N–H and O–H groups in total. The van der Waals surface area contributed by atoms with Gasteiger partial charge >= 0.3 is 0 Å². The van der Waals surface area contributed by atoms with E-state index in [2.05, 4.69) is 73.8 Å². The van der Waals surface area contributed by atoms with Crippen LogP contribution in [0.15, 0.2) is 54.6 Å². The highest BCUT2D eigenvalue weighted by Gasteiger charge is 2.27. The quantitative estimate of drug-likeness (QED) is 0.780. The number of hydrogen-bond donors (Lipinski definition) is 1. The lowest BCUT2D eigenvalue weighted by Gasteiger charge is -2.18. The minimum Gasteiger partial charge on any atom is -0.310 e. The predicted octanol–water partition coefficient (Wildman–Crippen LogP) is 5.05. The zero-order chi connectivity index (χ0) is 14.7. The van der Waals surface area contributed by atoms with Crippen molar-refractivity contribution < 1.29 is 0 Å². The minimum absolute atomic E-state index is 0.427. The summed E-state index contributed by atoms with van der Waals surface area (Å²) in [5, 5.41) is 3.68. The van der Waals surface area contributed by atoms with E-state index in [9.17, 15) is 0 Å². The number of hydrogen-bond acceptors (Lipinski definition) is 1. The summed E-state index contributed by atoms with van der Waals surface area (Å²) in [6.07, 6.45) is 2.87. The molecule has 1 heteroatoms. The highest BCUT2D eigenvalue weighted by molar-refractivity contribution is 5.63. The van der Waals surface area contributed by atoms with E-state index in [1.807, 2.05) is 0 Å². The SMILES string of the molecule is CC(NCC(C)C1CC1)c1ccc(-c2ccccc2)cc1. The van der Waals surface area contributed by atoms with Crippen LogP contribution in [0.5, 0.6) is 0 Å². The summed E-state index contributed by atoms with van der Waals surface area (Å²) in [4.78, 5) is 0. The van der Waals surface area contributed by atoms with Crippen LogP contribution < -0.4 is 5.32 Å². The van der Waals surface area contributed by atoms with Gasteiger partial charge in [0, 0.05) is 6.04 Å². The Balaban J connectivity index is 1.60. The molecule has 110 valence electrons. The molecule has 0 radical (unpaired) electrons. The Morgan fingerprint density at radius 3 is 2.14 bits per heavy atom. The zero-order valence-corrected chi connectivity index (χ0v) is 13.0. The van der Waals surface area contributed by atoms with Crippen molar-refractivity contribution in [2.75, 3.05) is 6.54 Å². The van der Waals surface area contributed by atoms with E-state index in [0.29, 0.717) is 6.04 Å². The molecule has 2 aromatic carbocycles. The standard InChI is InChI=1S/C20H25N/c1-15(17-8-9-17)14-21-16(2)18-10-12-20(13-11-18)19-6-4-3-5-7-19/h3-7,10-13,15-17,21H,8-9,14H2,1-2H3. The van der Waals surface area contributed by atoms with Crippen molar-refractivity contribution >= 4 is 0 Å². The van der Waals surface area contributed by atoms with Gasteiger partial charge < -0.3 is 5.32 Å². The second-order valence-electron chi connectivity index (χ2n) is 6.43. The summed E-state index contributed by atoms with van der Waals surface area (Å²) < 4.78 is 0. The number of nitrogens with one attached hydrogen (secondary N) is 1. The van der Waals surface area contributed by atoms with Gasteiger partial charge in [0.2, 0.25) is 0 Å². The first kappa shape index (κ1) is 14.3. The first-order valence-electron chi connectivity index (χ1n) is 8.13. The van der Waals surface area contributed by atoms with E-state index < -0.39 is 0 Å². The molecule has 3 rings (SSSR count). The Morgan fingerprint density at radius 2 is 1.52 bits per heavy atom. The lowest BCUT2D eigenvalue weighted by molar-refractivity contribution is 0.432. The third-order valence-corrected chi connectivity index (χ3v) is 4.69. The van der Waals surface area contributed by atoms with Crippen LogP contribution in [0.2, 0.25) is 0 Å². The molecular weight excluding hydrogens is 254 g/mol. The van der Waals surface area contributed by atoms with Crippen molar-refractivity contribution in [2.45, 2.75) is 32.7 Å². The first-order chi connectivity index (χ1) is 10.2. The molecule has 0 aliphatic heterocycles. The molecule has 2 atom stereocenters. The molecule has 1 aliphatic rings. The van der Waals surface area contributed by atoms with Gasteiger partial charge in [-0.1, -0.05) is 61.5 Å². The van der Waals surface area contributed by atoms with Gasteiger partial charge in [0.05, 0.1) is 0 Å². The van der Waals surface area contributed by atoms with Crippen molar-refractivity contribution in [3.63, 3.8) is 0 Å². The Labute approximate surface area is 128 Å². The Kier molecular flexibility index (Phi) is 4.40. The maximum atomic E-state index is 3.68. The molecule has 2 unspecified atom stereocenters. The molecule has 1 nitrogen and oxygen atoms in total. The molecule has 0 saturated heterocycles. The molecule has 1 aliphatic carbocycles. The first-order valence-corrected chi connectivity index (χ1v) is 8.13. The summed E-state index contributed by atoms with van der Waals surface area (Å²) in [6.45, 7) is 5.76. The molecule has 0 amide bonds. The summed E-state index contributed by atoms with van der Waals surface area (Å²) in [6, 6.07) is 20.0. The summed E-state index contributed by atoms with van der Waals surface area (Å²) in [5.74, 6) is 1.79. The summed E-state index contributed by atoms with van der Waals surface area (Å²) in [7, 11) is 0. The highest BCUT2D eigenvalue weighted by Crippen LogP contribution is 2.36. The van der Waals surface area contributed by atoms with Crippen LogP contribution in [-0.2, 0) is 0 Å². The second-order valence-corrected chi connectivity index (χ2v) is 6.43. The Bertz CT molecular complexity index is 554. The maximum absolute atomic E-state index is 3.68. The fourth-order valence-corrected chi connectivity index (χ4v) is 2.91. The fourth-order valence-electron chi connectivity index (χ4n) is 2.91. The van der Waals surface area contributed by atoms with Crippen LogP contribution in [0.25, 0.3) is 11.1 Å². The van der Waals surface area contributed by atoms with Gasteiger partial charge in [-0.05, 0) is 54.8 Å². The normalized spacial score (nSPS) is 17.4. The van der Waals surface area contributed by atoms with Gasteiger partial charge in [-0.3, -0.25) is 0 Å². The van der Waals surface area contributed by atoms with Crippen molar-refractivity contribution in [1.29, 1.82) is 0 Å². The lowest BCUT2D eigenvalue weighted by atomic mass is 10.0. The van der Waals surface area contributed by atoms with E-state index in [0.717, 1.165) is 18.4 Å². The molecule has 21 heavy (non-hydrogen) atoms. The third kappa shape index (κ3) is 3.74. The lowest BCUT2D eigenvalue weighted by Crippen LogP contribution is -2.25. The molecular formula is C20H25N. The van der Waals surface area contributed by atoms with E-state index in [1.165, 1.54) is 29.5 Å². The van der Waals surface area contributed by atoms with Crippen molar-refractivity contribution in [2.24, 2.45) is 11.8 Å². The highest BCUT2D eigenvalue weighted by atomic mass is 14.9. The topological polar surface area (TPSA) is 12.0 Å². The molecule has 0 spiro atoms. The van der Waals surface area contributed by atoms with Crippen LogP contribution in [0, 0.1) is 11.8 Å². The molecule has 1 saturated carbocycles. The predicted molar refractivity (Wildman–Crippen MR) is 90.2 cm³/mol. The molecule has 0 bridgehead atoms. The minimum atomic E-state index is 0.427. The van der Waals surface area contributed by atoms with Crippen LogP contribution in [0.3, 0.4) is 0 Å². The van der Waals surface area contributed by atoms with Crippen LogP contribution in [-0.4, -0.2) is 6.54 Å². The molecule has 0 heterocycles. The van der Waals surface area contributed by atoms with E-state index in [4.69, 9.17) is 0 Å². The zero-order valence-electron chi connectivity index (χ0n) is 13.0. The van der Waals surface area contributed by atoms with Crippen molar-refractivity contribution in [3.8, 4) is 11.1 Å². The van der Waals surface area contributed by atoms with E-state index >= 15 is 0 Å². The monoisotopic (exact) mass is 279 g/mol. The van der Waals surface area contributed by atoms with Crippen LogP contribution >= 0.6 is 0 Å². The third-order valence-electron chi connectivity index (χ3n) is 4.69. The summed E-state index contributed by atoms with van der Waals surface area (Å²) >= 11 is 0. The van der Waals surface area contributed by atoms with Gasteiger partial charge in [0.25, 0.3) is 0 Å². The smallest absolute Gasteiger partial charge is 0.0291 e. The van der Waals surface area contributed by atoms with Crippen molar-refractivity contribution in [1.82, 2.24) is 5.32 Å².